The summed E-state index contributed by atoms with van der Waals surface area (Å²) in [5.41, 5.74) is 0. The molecule has 1 aromatic heterocycles. The normalized spacial score (nSPS) is 19.5. The van der Waals surface area contributed by atoms with Gasteiger partial charge in [-0.25, -0.2) is 23.1 Å². The topological polar surface area (TPSA) is 93.2 Å². The number of anilines is 1. The molecule has 0 aliphatic carbocycles. The van der Waals surface area contributed by atoms with E-state index in [1.54, 1.807) is 0 Å². The standard InChI is InChI=1S/C11H18N4O3S/c1-2-12-11-13-6-10(7-14-11)19(16,17)15-5-9-3-4-18-8-9/h6-7,9,15H,2-5,8H2,1H3,(H,12,13,14). The number of hydrogen-bond acceptors (Lipinski definition) is 6. The van der Waals surface area contributed by atoms with Crippen LogP contribution in [0.3, 0.4) is 0 Å². The summed E-state index contributed by atoms with van der Waals surface area (Å²) in [4.78, 5) is 7.97. The van der Waals surface area contributed by atoms with Crippen LogP contribution in [0.25, 0.3) is 0 Å². The highest BCUT2D eigenvalue weighted by Gasteiger charge is 2.20. The molecule has 7 nitrogen and oxygen atoms in total. The zero-order valence-corrected chi connectivity index (χ0v) is 11.6. The molecule has 8 heteroatoms. The molecule has 2 N–H and O–H groups in total. The first-order valence-electron chi connectivity index (χ1n) is 6.25. The number of aromatic nitrogens is 2. The van der Waals surface area contributed by atoms with Gasteiger partial charge in [0, 0.05) is 19.7 Å². The van der Waals surface area contributed by atoms with Crippen molar-refractivity contribution in [1.29, 1.82) is 0 Å². The quantitative estimate of drug-likeness (QED) is 0.777. The molecule has 2 rings (SSSR count). The molecule has 1 aliphatic heterocycles. The summed E-state index contributed by atoms with van der Waals surface area (Å²) >= 11 is 0. The summed E-state index contributed by atoms with van der Waals surface area (Å²) in [7, 11) is -3.54. The largest absolute Gasteiger partial charge is 0.381 e. The fourth-order valence-electron chi connectivity index (χ4n) is 1.76. The van der Waals surface area contributed by atoms with E-state index in [2.05, 4.69) is 20.0 Å². The predicted octanol–water partition coefficient (Wildman–Crippen LogP) is 0.223. The van der Waals surface area contributed by atoms with Gasteiger partial charge >= 0.3 is 0 Å². The lowest BCUT2D eigenvalue weighted by atomic mass is 10.1. The van der Waals surface area contributed by atoms with E-state index in [0.29, 0.717) is 32.3 Å². The number of nitrogens with zero attached hydrogens (tertiary/aromatic N) is 2. The highest BCUT2D eigenvalue weighted by Crippen LogP contribution is 2.13. The highest BCUT2D eigenvalue weighted by molar-refractivity contribution is 7.89. The van der Waals surface area contributed by atoms with Crippen molar-refractivity contribution in [3.8, 4) is 0 Å². The van der Waals surface area contributed by atoms with Gasteiger partial charge in [0.1, 0.15) is 4.90 Å². The van der Waals surface area contributed by atoms with Crippen LogP contribution in [0.2, 0.25) is 0 Å². The van der Waals surface area contributed by atoms with Crippen molar-refractivity contribution in [2.24, 2.45) is 5.92 Å². The van der Waals surface area contributed by atoms with Crippen LogP contribution in [-0.4, -0.2) is 44.7 Å². The van der Waals surface area contributed by atoms with E-state index >= 15 is 0 Å². The van der Waals surface area contributed by atoms with Crippen LogP contribution in [0.15, 0.2) is 17.3 Å². The average Bonchev–Trinajstić information content (AvgIpc) is 2.91. The van der Waals surface area contributed by atoms with Gasteiger partial charge in [0.05, 0.1) is 19.0 Å². The molecule has 19 heavy (non-hydrogen) atoms. The van der Waals surface area contributed by atoms with Crippen molar-refractivity contribution in [1.82, 2.24) is 14.7 Å². The molecule has 0 spiro atoms. The molecule has 1 saturated heterocycles. The Hall–Kier alpha value is -1.25. The first-order valence-corrected chi connectivity index (χ1v) is 7.73. The second-order valence-electron chi connectivity index (χ2n) is 4.35. The number of rotatable bonds is 6. The van der Waals surface area contributed by atoms with Gasteiger partial charge in [0.2, 0.25) is 16.0 Å². The van der Waals surface area contributed by atoms with Gasteiger partial charge in [-0.05, 0) is 19.3 Å². The van der Waals surface area contributed by atoms with Gasteiger partial charge in [-0.1, -0.05) is 0 Å². The molecule has 0 radical (unpaired) electrons. The van der Waals surface area contributed by atoms with Gasteiger partial charge in [0.25, 0.3) is 0 Å². The number of nitrogens with one attached hydrogen (secondary N) is 2. The Morgan fingerprint density at radius 1 is 1.42 bits per heavy atom. The Bertz CT molecular complexity index is 497. The Morgan fingerprint density at radius 2 is 2.16 bits per heavy atom. The summed E-state index contributed by atoms with van der Waals surface area (Å²) in [5.74, 6) is 0.669. The van der Waals surface area contributed by atoms with Crippen molar-refractivity contribution in [3.05, 3.63) is 12.4 Å². The number of ether oxygens (including phenoxy) is 1. The second kappa shape index (κ2) is 6.27. The Kier molecular flexibility index (Phi) is 4.67. The van der Waals surface area contributed by atoms with E-state index in [1.165, 1.54) is 12.4 Å². The average molecular weight is 286 g/mol. The first-order chi connectivity index (χ1) is 9.12. The van der Waals surface area contributed by atoms with Crippen LogP contribution < -0.4 is 10.0 Å². The lowest BCUT2D eigenvalue weighted by Gasteiger charge is -2.10. The Morgan fingerprint density at radius 3 is 2.74 bits per heavy atom. The molecule has 1 fully saturated rings. The molecule has 2 heterocycles. The highest BCUT2D eigenvalue weighted by atomic mass is 32.2. The first kappa shape index (κ1) is 14.2. The van der Waals surface area contributed by atoms with Crippen molar-refractivity contribution in [3.63, 3.8) is 0 Å². The van der Waals surface area contributed by atoms with Crippen molar-refractivity contribution in [2.45, 2.75) is 18.2 Å². The molecule has 1 unspecified atom stereocenters. The van der Waals surface area contributed by atoms with Crippen molar-refractivity contribution in [2.75, 3.05) is 31.6 Å². The smallest absolute Gasteiger partial charge is 0.243 e. The maximum absolute atomic E-state index is 12.0. The third-order valence-electron chi connectivity index (χ3n) is 2.86. The van der Waals surface area contributed by atoms with E-state index in [-0.39, 0.29) is 10.8 Å². The van der Waals surface area contributed by atoms with Gasteiger partial charge in [-0.3, -0.25) is 0 Å². The molecule has 0 amide bonds. The SMILES string of the molecule is CCNc1ncc(S(=O)(=O)NCC2CCOC2)cn1. The van der Waals surface area contributed by atoms with E-state index in [4.69, 9.17) is 4.74 Å². The third kappa shape index (κ3) is 3.85. The summed E-state index contributed by atoms with van der Waals surface area (Å²) in [6, 6.07) is 0. The summed E-state index contributed by atoms with van der Waals surface area (Å²) in [5, 5.41) is 2.91. The van der Waals surface area contributed by atoms with Gasteiger partial charge in [-0.15, -0.1) is 0 Å². The number of hydrogen-bond donors (Lipinski definition) is 2. The van der Waals surface area contributed by atoms with Crippen LogP contribution in [0.1, 0.15) is 13.3 Å². The van der Waals surface area contributed by atoms with Crippen molar-refractivity contribution >= 4 is 16.0 Å². The minimum absolute atomic E-state index is 0.0769. The zero-order valence-electron chi connectivity index (χ0n) is 10.8. The van der Waals surface area contributed by atoms with Crippen LogP contribution in [0.5, 0.6) is 0 Å². The molecule has 0 saturated carbocycles. The van der Waals surface area contributed by atoms with Gasteiger partial charge in [0.15, 0.2) is 0 Å². The van der Waals surface area contributed by atoms with Gasteiger partial charge in [-0.2, -0.15) is 0 Å². The summed E-state index contributed by atoms with van der Waals surface area (Å²) in [6.45, 7) is 4.30. The number of sulfonamides is 1. The lowest BCUT2D eigenvalue weighted by Crippen LogP contribution is -2.29. The molecule has 1 aromatic rings. The second-order valence-corrected chi connectivity index (χ2v) is 6.12. The predicted molar refractivity (Wildman–Crippen MR) is 70.3 cm³/mol. The fraction of sp³-hybridized carbons (Fsp3) is 0.636. The van der Waals surface area contributed by atoms with Crippen LogP contribution in [0.4, 0.5) is 5.95 Å². The van der Waals surface area contributed by atoms with E-state index in [1.807, 2.05) is 6.92 Å². The van der Waals surface area contributed by atoms with E-state index in [9.17, 15) is 8.42 Å². The van der Waals surface area contributed by atoms with E-state index < -0.39 is 10.0 Å². The lowest BCUT2D eigenvalue weighted by molar-refractivity contribution is 0.186. The summed E-state index contributed by atoms with van der Waals surface area (Å²) < 4.78 is 31.8. The molecule has 1 aliphatic rings. The van der Waals surface area contributed by atoms with E-state index in [0.717, 1.165) is 6.42 Å². The maximum Gasteiger partial charge on any atom is 0.243 e. The molecule has 106 valence electrons. The Balaban J connectivity index is 1.97. The molecule has 0 bridgehead atoms. The van der Waals surface area contributed by atoms with Crippen LogP contribution >= 0.6 is 0 Å². The Labute approximate surface area is 112 Å². The van der Waals surface area contributed by atoms with Crippen LogP contribution in [-0.2, 0) is 14.8 Å². The minimum atomic E-state index is -3.54. The molecule has 0 aromatic carbocycles. The fourth-order valence-corrected chi connectivity index (χ4v) is 2.76. The maximum atomic E-state index is 12.0. The summed E-state index contributed by atoms with van der Waals surface area (Å²) in [6.07, 6.45) is 3.50. The minimum Gasteiger partial charge on any atom is -0.381 e. The third-order valence-corrected chi connectivity index (χ3v) is 4.24. The van der Waals surface area contributed by atoms with Crippen molar-refractivity contribution < 1.29 is 13.2 Å². The van der Waals surface area contributed by atoms with Crippen LogP contribution in [0, 0.1) is 5.92 Å². The molecular formula is C11H18N4O3S. The monoisotopic (exact) mass is 286 g/mol. The van der Waals surface area contributed by atoms with Gasteiger partial charge < -0.3 is 10.1 Å². The zero-order chi connectivity index (χ0) is 13.7. The molecule has 1 atom stereocenters. The molecular weight excluding hydrogens is 268 g/mol.